The molecule has 2 heterocycles. The molecule has 0 radical (unpaired) electrons. The Hall–Kier alpha value is -2.09. The molecule has 1 saturated carbocycles. The van der Waals surface area contributed by atoms with Gasteiger partial charge in [-0.3, -0.25) is 0 Å². The summed E-state index contributed by atoms with van der Waals surface area (Å²) in [6.45, 7) is 5.79. The van der Waals surface area contributed by atoms with E-state index in [-0.39, 0.29) is 23.2 Å². The number of carboxylic acid groups (broad SMARTS) is 1. The molecule has 0 aromatic carbocycles. The standard InChI is InChI=1S/C16H23ClN6O2/c1-16(2,3)23(15(24)25)10-6-4-9(5-7-10)22-8-19-11-12(18)20-14(17)21-13(11)22/h8-10H,4-7H2,1-3H3,(H,24,25)(H2,18,20,21). The molecule has 2 aromatic rings. The Kier molecular flexibility index (Phi) is 4.49. The van der Waals surface area contributed by atoms with Gasteiger partial charge in [0.2, 0.25) is 5.28 Å². The van der Waals surface area contributed by atoms with Crippen LogP contribution in [0.3, 0.4) is 0 Å². The maximum Gasteiger partial charge on any atom is 0.407 e. The van der Waals surface area contributed by atoms with Crippen molar-refractivity contribution >= 4 is 34.7 Å². The Labute approximate surface area is 151 Å². The van der Waals surface area contributed by atoms with Crippen LogP contribution in [0.2, 0.25) is 5.28 Å². The number of nitrogen functional groups attached to an aromatic ring is 1. The van der Waals surface area contributed by atoms with Crippen molar-refractivity contribution < 1.29 is 9.90 Å². The summed E-state index contributed by atoms with van der Waals surface area (Å²) >= 11 is 5.93. The Morgan fingerprint density at radius 1 is 1.32 bits per heavy atom. The van der Waals surface area contributed by atoms with Gasteiger partial charge in [0.05, 0.1) is 6.33 Å². The van der Waals surface area contributed by atoms with Crippen molar-refractivity contribution in [2.75, 3.05) is 5.73 Å². The lowest BCUT2D eigenvalue weighted by Crippen LogP contribution is -2.52. The second kappa shape index (κ2) is 6.33. The zero-order chi connectivity index (χ0) is 18.4. The molecule has 0 atom stereocenters. The smallest absolute Gasteiger partial charge is 0.407 e. The molecule has 25 heavy (non-hydrogen) atoms. The fraction of sp³-hybridized carbons (Fsp3) is 0.625. The van der Waals surface area contributed by atoms with Crippen molar-refractivity contribution in [3.63, 3.8) is 0 Å². The van der Waals surface area contributed by atoms with Crippen LogP contribution in [0, 0.1) is 0 Å². The molecule has 3 rings (SSSR count). The summed E-state index contributed by atoms with van der Waals surface area (Å²) in [4.78, 5) is 25.7. The third-order valence-electron chi connectivity index (χ3n) is 4.77. The maximum absolute atomic E-state index is 11.7. The minimum absolute atomic E-state index is 0.0202. The Balaban J connectivity index is 1.80. The van der Waals surface area contributed by atoms with Gasteiger partial charge in [0.1, 0.15) is 5.52 Å². The highest BCUT2D eigenvalue weighted by molar-refractivity contribution is 6.28. The van der Waals surface area contributed by atoms with Crippen LogP contribution in [-0.4, -0.2) is 47.2 Å². The Morgan fingerprint density at radius 2 is 1.96 bits per heavy atom. The minimum Gasteiger partial charge on any atom is -0.465 e. The van der Waals surface area contributed by atoms with E-state index < -0.39 is 11.6 Å². The van der Waals surface area contributed by atoms with Crippen molar-refractivity contribution in [2.24, 2.45) is 0 Å². The second-order valence-corrected chi connectivity index (χ2v) is 7.83. The number of imidazole rings is 1. The molecule has 0 unspecified atom stereocenters. The molecule has 0 bridgehead atoms. The fourth-order valence-corrected chi connectivity index (χ4v) is 3.93. The molecule has 1 fully saturated rings. The normalized spacial score (nSPS) is 21.4. The highest BCUT2D eigenvalue weighted by atomic mass is 35.5. The lowest BCUT2D eigenvalue weighted by molar-refractivity contribution is 0.0514. The lowest BCUT2D eigenvalue weighted by Gasteiger charge is -2.42. The van der Waals surface area contributed by atoms with E-state index in [0.29, 0.717) is 11.2 Å². The summed E-state index contributed by atoms with van der Waals surface area (Å²) in [6.07, 6.45) is 4.13. The van der Waals surface area contributed by atoms with Crippen molar-refractivity contribution in [3.8, 4) is 0 Å². The van der Waals surface area contributed by atoms with E-state index in [4.69, 9.17) is 17.3 Å². The summed E-state index contributed by atoms with van der Waals surface area (Å²) in [7, 11) is 0. The monoisotopic (exact) mass is 366 g/mol. The molecule has 9 heteroatoms. The first-order valence-corrected chi connectivity index (χ1v) is 8.74. The molecule has 8 nitrogen and oxygen atoms in total. The fourth-order valence-electron chi connectivity index (χ4n) is 3.76. The third-order valence-corrected chi connectivity index (χ3v) is 4.94. The van der Waals surface area contributed by atoms with E-state index in [0.717, 1.165) is 25.7 Å². The topological polar surface area (TPSA) is 110 Å². The van der Waals surface area contributed by atoms with Gasteiger partial charge >= 0.3 is 6.09 Å². The molecular formula is C16H23ClN6O2. The summed E-state index contributed by atoms with van der Waals surface area (Å²) in [5.74, 6) is 0.271. The molecule has 1 aliphatic rings. The van der Waals surface area contributed by atoms with E-state index in [1.807, 2.05) is 25.3 Å². The number of fused-ring (bicyclic) bond motifs is 1. The molecule has 1 amide bonds. The molecule has 136 valence electrons. The zero-order valence-corrected chi connectivity index (χ0v) is 15.4. The van der Waals surface area contributed by atoms with Crippen molar-refractivity contribution in [1.82, 2.24) is 24.4 Å². The van der Waals surface area contributed by atoms with Gasteiger partial charge in [-0.05, 0) is 58.1 Å². The number of halogens is 1. The number of nitrogens with zero attached hydrogens (tertiary/aromatic N) is 5. The van der Waals surface area contributed by atoms with Gasteiger partial charge in [-0.25, -0.2) is 9.78 Å². The average molecular weight is 367 g/mol. The van der Waals surface area contributed by atoms with Gasteiger partial charge in [-0.1, -0.05) is 0 Å². The van der Waals surface area contributed by atoms with Crippen LogP contribution in [0.15, 0.2) is 6.33 Å². The number of hydrogen-bond acceptors (Lipinski definition) is 5. The number of amides is 1. The Bertz CT molecular complexity index is 792. The highest BCUT2D eigenvalue weighted by Crippen LogP contribution is 2.35. The first-order valence-electron chi connectivity index (χ1n) is 8.36. The molecule has 0 aliphatic heterocycles. The van der Waals surface area contributed by atoms with Crippen molar-refractivity contribution in [3.05, 3.63) is 11.6 Å². The molecule has 0 saturated heterocycles. The summed E-state index contributed by atoms with van der Waals surface area (Å²) in [6, 6.07) is 0.217. The van der Waals surface area contributed by atoms with E-state index >= 15 is 0 Å². The molecule has 3 N–H and O–H groups in total. The average Bonchev–Trinajstić information content (AvgIpc) is 2.90. The first-order chi connectivity index (χ1) is 11.7. The SMILES string of the molecule is CC(C)(C)N(C(=O)O)C1CCC(n2cnc3c(N)nc(Cl)nc32)CC1. The largest absolute Gasteiger partial charge is 0.465 e. The van der Waals surface area contributed by atoms with Crippen molar-refractivity contribution in [1.29, 1.82) is 0 Å². The van der Waals surface area contributed by atoms with Gasteiger partial charge in [0.15, 0.2) is 11.5 Å². The molecule has 1 aliphatic carbocycles. The summed E-state index contributed by atoms with van der Waals surface area (Å²) < 4.78 is 1.98. The number of aromatic nitrogens is 4. The van der Waals surface area contributed by atoms with Gasteiger partial charge < -0.3 is 20.3 Å². The van der Waals surface area contributed by atoms with Crippen LogP contribution in [0.5, 0.6) is 0 Å². The quantitative estimate of drug-likeness (QED) is 0.789. The molecular weight excluding hydrogens is 344 g/mol. The zero-order valence-electron chi connectivity index (χ0n) is 14.6. The van der Waals surface area contributed by atoms with E-state index in [1.165, 1.54) is 0 Å². The van der Waals surface area contributed by atoms with Crippen molar-refractivity contribution in [2.45, 2.75) is 64.1 Å². The molecule has 2 aromatic heterocycles. The molecule has 0 spiro atoms. The second-order valence-electron chi connectivity index (χ2n) is 7.49. The van der Waals surface area contributed by atoms with Crippen LogP contribution in [-0.2, 0) is 0 Å². The number of rotatable bonds is 2. The van der Waals surface area contributed by atoms with E-state index in [9.17, 15) is 9.90 Å². The number of hydrogen-bond donors (Lipinski definition) is 2. The van der Waals surface area contributed by atoms with Gasteiger partial charge in [0, 0.05) is 17.6 Å². The summed E-state index contributed by atoms with van der Waals surface area (Å²) in [5, 5.41) is 9.68. The van der Waals surface area contributed by atoms with Crippen LogP contribution in [0.25, 0.3) is 11.2 Å². The number of nitrogens with two attached hydrogens (primary N) is 1. The number of carbonyl (C=O) groups is 1. The predicted molar refractivity (Wildman–Crippen MR) is 95.7 cm³/mol. The van der Waals surface area contributed by atoms with Gasteiger partial charge in [0.25, 0.3) is 0 Å². The van der Waals surface area contributed by atoms with Crippen LogP contribution < -0.4 is 5.73 Å². The van der Waals surface area contributed by atoms with Crippen LogP contribution in [0.4, 0.5) is 10.6 Å². The van der Waals surface area contributed by atoms with Gasteiger partial charge in [-0.15, -0.1) is 0 Å². The highest BCUT2D eigenvalue weighted by Gasteiger charge is 2.36. The summed E-state index contributed by atoms with van der Waals surface area (Å²) in [5.41, 5.74) is 6.62. The minimum atomic E-state index is -0.865. The van der Waals surface area contributed by atoms with E-state index in [1.54, 1.807) is 11.2 Å². The van der Waals surface area contributed by atoms with Gasteiger partial charge in [-0.2, -0.15) is 9.97 Å². The van der Waals surface area contributed by atoms with Crippen LogP contribution >= 0.6 is 11.6 Å². The predicted octanol–water partition coefficient (Wildman–Crippen LogP) is 3.32. The number of anilines is 1. The first kappa shape index (κ1) is 17.7. The van der Waals surface area contributed by atoms with Crippen LogP contribution in [0.1, 0.15) is 52.5 Å². The maximum atomic E-state index is 11.7. The Morgan fingerprint density at radius 3 is 2.52 bits per heavy atom. The van der Waals surface area contributed by atoms with E-state index in [2.05, 4.69) is 15.0 Å². The third kappa shape index (κ3) is 3.35. The lowest BCUT2D eigenvalue weighted by atomic mass is 9.88.